The Morgan fingerprint density at radius 2 is 1.84 bits per heavy atom. The molecule has 4 aliphatic carbocycles. The molecule has 6 rings (SSSR count). The summed E-state index contributed by atoms with van der Waals surface area (Å²) in [6.45, 7) is 3.55. The summed E-state index contributed by atoms with van der Waals surface area (Å²) in [6, 6.07) is 5.87. The number of amides is 1. The van der Waals surface area contributed by atoms with Crippen molar-refractivity contribution in [2.45, 2.75) is 58.0 Å². The largest absolute Gasteiger partial charge is 0.472 e. The Bertz CT molecular complexity index is 651. The van der Waals surface area contributed by atoms with Crippen LogP contribution in [-0.2, 0) is 4.79 Å². The maximum absolute atomic E-state index is 13.4. The minimum absolute atomic E-state index is 0.0226. The van der Waals surface area contributed by atoms with Crippen LogP contribution in [0.2, 0.25) is 0 Å². The highest BCUT2D eigenvalue weighted by molar-refractivity contribution is 5.83. The first-order valence-corrected chi connectivity index (χ1v) is 9.99. The molecule has 0 spiro atoms. The van der Waals surface area contributed by atoms with E-state index in [1.165, 1.54) is 19.3 Å². The van der Waals surface area contributed by atoms with Gasteiger partial charge in [-0.05, 0) is 69.3 Å². The van der Waals surface area contributed by atoms with Crippen LogP contribution in [0, 0.1) is 30.1 Å². The Morgan fingerprint density at radius 3 is 2.48 bits per heavy atom. The molecule has 2 heterocycles. The van der Waals surface area contributed by atoms with Gasteiger partial charge in [0.1, 0.15) is 6.10 Å². The summed E-state index contributed by atoms with van der Waals surface area (Å²) in [5, 5.41) is 0. The molecule has 5 fully saturated rings. The predicted octanol–water partition coefficient (Wildman–Crippen LogP) is 3.59. The molecule has 1 aromatic heterocycles. The molecular weight excluding hydrogens is 312 g/mol. The zero-order chi connectivity index (χ0) is 17.0. The molecule has 25 heavy (non-hydrogen) atoms. The van der Waals surface area contributed by atoms with Crippen LogP contribution in [0.25, 0.3) is 0 Å². The average molecular weight is 340 g/mol. The fourth-order valence-corrected chi connectivity index (χ4v) is 6.47. The molecule has 4 bridgehead atoms. The van der Waals surface area contributed by atoms with Crippen molar-refractivity contribution in [2.75, 3.05) is 13.1 Å². The van der Waals surface area contributed by atoms with Gasteiger partial charge in [0, 0.05) is 24.7 Å². The third kappa shape index (κ3) is 2.74. The van der Waals surface area contributed by atoms with Crippen molar-refractivity contribution in [3.05, 3.63) is 23.9 Å². The number of pyridine rings is 1. The molecule has 0 N–H and O–H groups in total. The van der Waals surface area contributed by atoms with E-state index in [-0.39, 0.29) is 11.5 Å². The van der Waals surface area contributed by atoms with Gasteiger partial charge < -0.3 is 9.64 Å². The van der Waals surface area contributed by atoms with Crippen molar-refractivity contribution in [3.8, 4) is 5.88 Å². The van der Waals surface area contributed by atoms with Crippen molar-refractivity contribution in [1.82, 2.24) is 9.88 Å². The first-order valence-electron chi connectivity index (χ1n) is 9.99. The number of carbonyl (C=O) groups is 1. The van der Waals surface area contributed by atoms with E-state index in [1.54, 1.807) is 0 Å². The van der Waals surface area contributed by atoms with Gasteiger partial charge in [0.15, 0.2) is 0 Å². The number of hydrogen-bond acceptors (Lipinski definition) is 3. The number of nitrogens with zero attached hydrogens (tertiary/aromatic N) is 2. The van der Waals surface area contributed by atoms with Crippen LogP contribution >= 0.6 is 0 Å². The van der Waals surface area contributed by atoms with Crippen molar-refractivity contribution in [2.24, 2.45) is 23.2 Å². The van der Waals surface area contributed by atoms with Crippen LogP contribution < -0.4 is 4.74 Å². The maximum Gasteiger partial charge on any atom is 0.228 e. The molecule has 4 nitrogen and oxygen atoms in total. The average Bonchev–Trinajstić information content (AvgIpc) is 3.01. The summed E-state index contributed by atoms with van der Waals surface area (Å²) in [7, 11) is 0. The molecule has 4 saturated carbocycles. The SMILES string of the molecule is Cc1cccc(OC2CCN(C(=O)C34CC5CC(CC(C5)C3)C4)C2)n1. The molecule has 1 atom stereocenters. The lowest BCUT2D eigenvalue weighted by Crippen LogP contribution is -2.54. The number of rotatable bonds is 3. The summed E-state index contributed by atoms with van der Waals surface area (Å²) >= 11 is 0. The first-order chi connectivity index (χ1) is 12.1. The molecule has 1 aromatic rings. The third-order valence-corrected chi connectivity index (χ3v) is 7.07. The molecule has 1 aliphatic heterocycles. The molecular formula is C21H28N2O2. The summed E-state index contributed by atoms with van der Waals surface area (Å²) in [5.74, 6) is 3.59. The summed E-state index contributed by atoms with van der Waals surface area (Å²) in [6.07, 6.45) is 8.63. The lowest BCUT2D eigenvalue weighted by molar-refractivity contribution is -0.156. The number of aryl methyl sites for hydroxylation is 1. The van der Waals surface area contributed by atoms with Gasteiger partial charge >= 0.3 is 0 Å². The summed E-state index contributed by atoms with van der Waals surface area (Å²) < 4.78 is 6.05. The highest BCUT2D eigenvalue weighted by Gasteiger charge is 2.56. The summed E-state index contributed by atoms with van der Waals surface area (Å²) in [4.78, 5) is 19.9. The molecule has 1 amide bonds. The topological polar surface area (TPSA) is 42.4 Å². The third-order valence-electron chi connectivity index (χ3n) is 7.07. The van der Waals surface area contributed by atoms with Gasteiger partial charge in [-0.1, -0.05) is 6.07 Å². The molecule has 5 aliphatic rings. The van der Waals surface area contributed by atoms with Gasteiger partial charge in [-0.3, -0.25) is 4.79 Å². The predicted molar refractivity (Wildman–Crippen MR) is 95.2 cm³/mol. The minimum atomic E-state index is -0.0226. The van der Waals surface area contributed by atoms with E-state index < -0.39 is 0 Å². The fourth-order valence-electron chi connectivity index (χ4n) is 6.47. The van der Waals surface area contributed by atoms with Crippen LogP contribution in [-0.4, -0.2) is 35.0 Å². The maximum atomic E-state index is 13.4. The zero-order valence-electron chi connectivity index (χ0n) is 15.1. The highest BCUT2D eigenvalue weighted by Crippen LogP contribution is 2.60. The second-order valence-corrected chi connectivity index (χ2v) is 9.09. The van der Waals surface area contributed by atoms with Gasteiger partial charge in [0.05, 0.1) is 12.0 Å². The summed E-state index contributed by atoms with van der Waals surface area (Å²) in [5.41, 5.74) is 0.947. The minimum Gasteiger partial charge on any atom is -0.472 e. The quantitative estimate of drug-likeness (QED) is 0.844. The number of hydrogen-bond donors (Lipinski definition) is 0. The van der Waals surface area contributed by atoms with Crippen LogP contribution in [0.3, 0.4) is 0 Å². The lowest BCUT2D eigenvalue weighted by atomic mass is 9.49. The molecule has 1 unspecified atom stereocenters. The standard InChI is InChI=1S/C21H28N2O2/c1-14-3-2-4-19(22-14)25-18-5-6-23(13-18)20(24)21-10-15-7-16(11-21)9-17(8-15)12-21/h2-4,15-18H,5-13H2,1H3. The van der Waals surface area contributed by atoms with E-state index in [2.05, 4.69) is 9.88 Å². The van der Waals surface area contributed by atoms with E-state index >= 15 is 0 Å². The molecule has 4 heteroatoms. The Balaban J connectivity index is 1.26. The number of carbonyl (C=O) groups excluding carboxylic acids is 1. The van der Waals surface area contributed by atoms with E-state index in [0.717, 1.165) is 62.2 Å². The molecule has 0 radical (unpaired) electrons. The zero-order valence-corrected chi connectivity index (χ0v) is 15.1. The first kappa shape index (κ1) is 15.7. The van der Waals surface area contributed by atoms with Crippen molar-refractivity contribution >= 4 is 5.91 Å². The van der Waals surface area contributed by atoms with E-state index in [0.29, 0.717) is 11.8 Å². The van der Waals surface area contributed by atoms with E-state index in [1.807, 2.05) is 25.1 Å². The second-order valence-electron chi connectivity index (χ2n) is 9.09. The van der Waals surface area contributed by atoms with Crippen LogP contribution in [0.5, 0.6) is 5.88 Å². The fraction of sp³-hybridized carbons (Fsp3) is 0.714. The number of ether oxygens (including phenoxy) is 1. The normalized spacial score (nSPS) is 39.0. The highest BCUT2D eigenvalue weighted by atomic mass is 16.5. The Kier molecular flexibility index (Phi) is 3.58. The van der Waals surface area contributed by atoms with Gasteiger partial charge in [-0.25, -0.2) is 4.98 Å². The van der Waals surface area contributed by atoms with E-state index in [4.69, 9.17) is 4.74 Å². The lowest BCUT2D eigenvalue weighted by Gasteiger charge is -2.56. The molecule has 0 aromatic carbocycles. The van der Waals surface area contributed by atoms with Crippen LogP contribution in [0.1, 0.15) is 50.6 Å². The molecule has 134 valence electrons. The van der Waals surface area contributed by atoms with E-state index in [9.17, 15) is 4.79 Å². The number of aromatic nitrogens is 1. The van der Waals surface area contributed by atoms with Crippen LogP contribution in [0.15, 0.2) is 18.2 Å². The van der Waals surface area contributed by atoms with Gasteiger partial charge in [-0.15, -0.1) is 0 Å². The second kappa shape index (κ2) is 5.72. The van der Waals surface area contributed by atoms with Gasteiger partial charge in [-0.2, -0.15) is 0 Å². The number of likely N-dealkylation sites (tertiary alicyclic amines) is 1. The van der Waals surface area contributed by atoms with Crippen molar-refractivity contribution < 1.29 is 9.53 Å². The monoisotopic (exact) mass is 340 g/mol. The van der Waals surface area contributed by atoms with Crippen LogP contribution in [0.4, 0.5) is 0 Å². The Hall–Kier alpha value is -1.58. The van der Waals surface area contributed by atoms with Gasteiger partial charge in [0.2, 0.25) is 11.8 Å². The van der Waals surface area contributed by atoms with Gasteiger partial charge in [0.25, 0.3) is 0 Å². The van der Waals surface area contributed by atoms with Crippen molar-refractivity contribution in [1.29, 1.82) is 0 Å². The molecule has 1 saturated heterocycles. The Labute approximate surface area is 150 Å². The Morgan fingerprint density at radius 1 is 1.16 bits per heavy atom. The smallest absolute Gasteiger partial charge is 0.228 e. The van der Waals surface area contributed by atoms with Crippen molar-refractivity contribution in [3.63, 3.8) is 0 Å².